The van der Waals surface area contributed by atoms with Crippen molar-refractivity contribution in [2.75, 3.05) is 20.1 Å². The zero-order valence-electron chi connectivity index (χ0n) is 17.8. The number of piperidine rings is 3. The van der Waals surface area contributed by atoms with E-state index in [-0.39, 0.29) is 24.3 Å². The summed E-state index contributed by atoms with van der Waals surface area (Å²) in [6.45, 7) is 2.57. The number of nitrogens with zero attached hydrogens (tertiary/aromatic N) is 2. The smallest absolute Gasteiger partial charge is 0.262 e. The lowest BCUT2D eigenvalue weighted by molar-refractivity contribution is -0.136. The topological polar surface area (TPSA) is 98.8 Å². The van der Waals surface area contributed by atoms with Gasteiger partial charge in [0.05, 0.1) is 11.1 Å². The molecule has 4 fully saturated rings. The minimum atomic E-state index is -0.932. The lowest BCUT2D eigenvalue weighted by atomic mass is 9.62. The van der Waals surface area contributed by atoms with Crippen LogP contribution in [0.15, 0.2) is 18.2 Å². The number of hydrogen-bond donors (Lipinski definition) is 2. The summed E-state index contributed by atoms with van der Waals surface area (Å²) in [6.07, 6.45) is 5.17. The molecule has 1 atom stereocenters. The average Bonchev–Trinajstić information content (AvgIpc) is 2.98. The van der Waals surface area contributed by atoms with Gasteiger partial charge in [0, 0.05) is 18.5 Å². The lowest BCUT2D eigenvalue weighted by Crippen LogP contribution is -2.61. The van der Waals surface area contributed by atoms with Crippen LogP contribution in [0, 0.1) is 5.92 Å². The number of carbonyl (C=O) groups excluding carboxylic acids is 4. The third-order valence-corrected chi connectivity index (χ3v) is 7.38. The molecule has 0 aromatic heterocycles. The van der Waals surface area contributed by atoms with Gasteiger partial charge in [0.15, 0.2) is 0 Å². The second kappa shape index (κ2) is 7.53. The third kappa shape index (κ3) is 3.47. The number of amides is 4. The van der Waals surface area contributed by atoms with E-state index in [1.54, 1.807) is 12.1 Å². The number of hydrogen-bond acceptors (Lipinski definition) is 6. The van der Waals surface area contributed by atoms with Crippen LogP contribution in [0.2, 0.25) is 0 Å². The monoisotopic (exact) mass is 424 g/mol. The molecule has 8 heteroatoms. The van der Waals surface area contributed by atoms with Crippen LogP contribution in [-0.2, 0) is 16.1 Å². The highest BCUT2D eigenvalue weighted by molar-refractivity contribution is 6.24. The Morgan fingerprint density at radius 1 is 1.13 bits per heavy atom. The molecule has 1 aliphatic carbocycles. The summed E-state index contributed by atoms with van der Waals surface area (Å²) in [4.78, 5) is 53.1. The molecule has 1 saturated carbocycles. The molecule has 31 heavy (non-hydrogen) atoms. The van der Waals surface area contributed by atoms with Gasteiger partial charge >= 0.3 is 0 Å². The summed E-state index contributed by atoms with van der Waals surface area (Å²) in [5, 5.41) is 5.93. The van der Waals surface area contributed by atoms with Crippen LogP contribution >= 0.6 is 0 Å². The van der Waals surface area contributed by atoms with Crippen molar-refractivity contribution in [2.45, 2.75) is 56.7 Å². The fourth-order valence-electron chi connectivity index (χ4n) is 5.72. The molecule has 1 aromatic carbocycles. The summed E-state index contributed by atoms with van der Waals surface area (Å²) in [6, 6.07) is 4.38. The summed E-state index contributed by atoms with van der Waals surface area (Å²) < 4.78 is 0. The molecule has 1 aromatic rings. The largest absolute Gasteiger partial charge is 0.311 e. The lowest BCUT2D eigenvalue weighted by Gasteiger charge is -2.54. The van der Waals surface area contributed by atoms with E-state index in [0.29, 0.717) is 17.7 Å². The Balaban J connectivity index is 1.30. The highest BCUT2D eigenvalue weighted by atomic mass is 16.2. The SMILES string of the molecule is CN(CCC12CC(CCN1)C2)Cc1cccc2c1C(=O)N(C1CCC(=O)NC1=O)C2=O. The molecule has 4 heterocycles. The van der Waals surface area contributed by atoms with Gasteiger partial charge in [-0.05, 0) is 69.8 Å². The van der Waals surface area contributed by atoms with E-state index in [9.17, 15) is 19.2 Å². The quantitative estimate of drug-likeness (QED) is 0.663. The Hall–Kier alpha value is -2.58. The predicted molar refractivity (Wildman–Crippen MR) is 112 cm³/mol. The van der Waals surface area contributed by atoms with E-state index in [1.807, 2.05) is 13.1 Å². The standard InChI is InChI=1S/C23H28N4O4/c1-26(10-8-23-11-14(12-23)7-9-24-23)13-15-3-2-4-16-19(15)22(31)27(21(16)30)17-5-6-18(28)25-20(17)29/h2-4,14,17,24H,5-13H2,1H3,(H,25,28,29). The van der Waals surface area contributed by atoms with Crippen molar-refractivity contribution in [2.24, 2.45) is 5.92 Å². The van der Waals surface area contributed by atoms with Crippen LogP contribution in [0.25, 0.3) is 0 Å². The van der Waals surface area contributed by atoms with E-state index < -0.39 is 23.8 Å². The van der Waals surface area contributed by atoms with Gasteiger partial charge in [-0.2, -0.15) is 0 Å². The van der Waals surface area contributed by atoms with E-state index >= 15 is 0 Å². The van der Waals surface area contributed by atoms with Gasteiger partial charge in [-0.3, -0.25) is 29.4 Å². The summed E-state index contributed by atoms with van der Waals surface area (Å²) in [5.74, 6) is -0.962. The number of benzene rings is 1. The number of fused-ring (bicyclic) bond motifs is 3. The van der Waals surface area contributed by atoms with Gasteiger partial charge in [0.1, 0.15) is 6.04 Å². The van der Waals surface area contributed by atoms with Crippen molar-refractivity contribution in [3.05, 3.63) is 34.9 Å². The Labute approximate surface area is 181 Å². The zero-order valence-corrected chi connectivity index (χ0v) is 17.8. The molecule has 4 amide bonds. The maximum absolute atomic E-state index is 13.2. The Morgan fingerprint density at radius 2 is 1.94 bits per heavy atom. The van der Waals surface area contributed by atoms with Crippen molar-refractivity contribution in [1.29, 1.82) is 0 Å². The van der Waals surface area contributed by atoms with Crippen molar-refractivity contribution < 1.29 is 19.2 Å². The molecule has 8 nitrogen and oxygen atoms in total. The first-order valence-corrected chi connectivity index (χ1v) is 11.1. The zero-order chi connectivity index (χ0) is 21.8. The fraction of sp³-hybridized carbons (Fsp3) is 0.565. The van der Waals surface area contributed by atoms with Crippen LogP contribution in [0.3, 0.4) is 0 Å². The Kier molecular flexibility index (Phi) is 4.94. The molecule has 0 spiro atoms. The molecular weight excluding hydrogens is 396 g/mol. The van der Waals surface area contributed by atoms with E-state index in [1.165, 1.54) is 19.3 Å². The van der Waals surface area contributed by atoms with Crippen molar-refractivity contribution in [3.8, 4) is 0 Å². The van der Waals surface area contributed by atoms with Gasteiger partial charge in [-0.1, -0.05) is 12.1 Å². The summed E-state index contributed by atoms with van der Waals surface area (Å²) >= 11 is 0. The molecule has 2 N–H and O–H groups in total. The van der Waals surface area contributed by atoms with Gasteiger partial charge in [0.25, 0.3) is 11.8 Å². The van der Waals surface area contributed by atoms with E-state index in [4.69, 9.17) is 0 Å². The van der Waals surface area contributed by atoms with Crippen LogP contribution in [0.4, 0.5) is 0 Å². The second-order valence-electron chi connectivity index (χ2n) is 9.54. The molecule has 2 bridgehead atoms. The molecule has 4 aliphatic heterocycles. The van der Waals surface area contributed by atoms with Crippen LogP contribution < -0.4 is 10.6 Å². The summed E-state index contributed by atoms with van der Waals surface area (Å²) in [7, 11) is 2.04. The van der Waals surface area contributed by atoms with Crippen molar-refractivity contribution in [3.63, 3.8) is 0 Å². The fourth-order valence-corrected chi connectivity index (χ4v) is 5.72. The second-order valence-corrected chi connectivity index (χ2v) is 9.54. The molecule has 3 saturated heterocycles. The summed E-state index contributed by atoms with van der Waals surface area (Å²) in [5.41, 5.74) is 1.81. The van der Waals surface area contributed by atoms with Gasteiger partial charge in [-0.15, -0.1) is 0 Å². The van der Waals surface area contributed by atoms with Crippen LogP contribution in [0.1, 0.15) is 64.8 Å². The van der Waals surface area contributed by atoms with Crippen molar-refractivity contribution >= 4 is 23.6 Å². The minimum Gasteiger partial charge on any atom is -0.311 e. The Morgan fingerprint density at radius 3 is 2.65 bits per heavy atom. The average molecular weight is 425 g/mol. The van der Waals surface area contributed by atoms with E-state index in [2.05, 4.69) is 15.5 Å². The Bertz CT molecular complexity index is 963. The molecule has 6 rings (SSSR count). The van der Waals surface area contributed by atoms with Gasteiger partial charge in [0.2, 0.25) is 11.8 Å². The number of nitrogens with one attached hydrogen (secondary N) is 2. The molecule has 0 radical (unpaired) electrons. The first-order chi connectivity index (χ1) is 14.9. The maximum atomic E-state index is 13.2. The third-order valence-electron chi connectivity index (χ3n) is 7.38. The number of carbonyl (C=O) groups is 4. The molecule has 164 valence electrons. The first-order valence-electron chi connectivity index (χ1n) is 11.1. The number of imide groups is 2. The highest BCUT2D eigenvalue weighted by Gasteiger charge is 2.47. The van der Waals surface area contributed by atoms with E-state index in [0.717, 1.165) is 35.9 Å². The maximum Gasteiger partial charge on any atom is 0.262 e. The van der Waals surface area contributed by atoms with Crippen LogP contribution in [0.5, 0.6) is 0 Å². The molecule has 5 aliphatic rings. The minimum absolute atomic E-state index is 0.121. The first kappa shape index (κ1) is 20.3. The van der Waals surface area contributed by atoms with Gasteiger partial charge in [-0.25, -0.2) is 0 Å². The highest BCUT2D eigenvalue weighted by Crippen LogP contribution is 2.45. The normalized spacial score (nSPS) is 29.8. The predicted octanol–water partition coefficient (Wildman–Crippen LogP) is 1.05. The van der Waals surface area contributed by atoms with Crippen LogP contribution in [-0.4, -0.2) is 65.1 Å². The molecular formula is C23H28N4O4. The molecule has 1 unspecified atom stereocenters. The van der Waals surface area contributed by atoms with Crippen molar-refractivity contribution in [1.82, 2.24) is 20.4 Å². The van der Waals surface area contributed by atoms with Gasteiger partial charge < -0.3 is 10.2 Å². The number of rotatable bonds is 6.